The summed E-state index contributed by atoms with van der Waals surface area (Å²) in [4.78, 5) is 0. The van der Waals surface area contributed by atoms with Gasteiger partial charge in [0.05, 0.1) is 5.25 Å². The predicted octanol–water partition coefficient (Wildman–Crippen LogP) is 0.996. The van der Waals surface area contributed by atoms with Crippen molar-refractivity contribution in [2.45, 2.75) is 36.5 Å². The van der Waals surface area contributed by atoms with Gasteiger partial charge in [-0.2, -0.15) is 0 Å². The average molecular weight is 254 g/mol. The standard InChI is InChI=1S/C7H12BrNO2S/c8-5-7(3-4-7)9-12(10,11)6-1-2-6/h6,9H,1-5H2. The van der Waals surface area contributed by atoms with Crippen LogP contribution in [-0.2, 0) is 10.0 Å². The van der Waals surface area contributed by atoms with Gasteiger partial charge in [-0.1, -0.05) is 15.9 Å². The zero-order chi connectivity index (χ0) is 8.82. The van der Waals surface area contributed by atoms with E-state index in [4.69, 9.17) is 0 Å². The van der Waals surface area contributed by atoms with Crippen LogP contribution in [0.2, 0.25) is 0 Å². The van der Waals surface area contributed by atoms with Crippen molar-refractivity contribution in [1.82, 2.24) is 4.72 Å². The molecule has 70 valence electrons. The molecule has 0 aromatic rings. The van der Waals surface area contributed by atoms with Crippen molar-refractivity contribution in [3.63, 3.8) is 0 Å². The number of alkyl halides is 1. The zero-order valence-corrected chi connectivity index (χ0v) is 9.12. The Morgan fingerprint density at radius 1 is 1.42 bits per heavy atom. The minimum absolute atomic E-state index is 0.0889. The summed E-state index contributed by atoms with van der Waals surface area (Å²) in [6, 6.07) is 0. The molecule has 0 spiro atoms. The molecule has 1 N–H and O–H groups in total. The van der Waals surface area contributed by atoms with Gasteiger partial charge in [-0.25, -0.2) is 13.1 Å². The molecule has 2 aliphatic rings. The van der Waals surface area contributed by atoms with Gasteiger partial charge in [-0.3, -0.25) is 0 Å². The molecular formula is C7H12BrNO2S. The molecule has 2 fully saturated rings. The van der Waals surface area contributed by atoms with Crippen molar-refractivity contribution in [2.24, 2.45) is 0 Å². The van der Waals surface area contributed by atoms with E-state index in [1.54, 1.807) is 0 Å². The SMILES string of the molecule is O=S(=O)(NC1(CBr)CC1)C1CC1. The van der Waals surface area contributed by atoms with Gasteiger partial charge in [0.25, 0.3) is 0 Å². The second-order valence-corrected chi connectivity index (χ2v) is 6.28. The molecule has 0 amide bonds. The number of hydrogen-bond donors (Lipinski definition) is 1. The highest BCUT2D eigenvalue weighted by Gasteiger charge is 2.48. The summed E-state index contributed by atoms with van der Waals surface area (Å²) < 4.78 is 25.7. The van der Waals surface area contributed by atoms with Crippen molar-refractivity contribution < 1.29 is 8.42 Å². The molecule has 2 aliphatic carbocycles. The third kappa shape index (κ3) is 1.67. The Morgan fingerprint density at radius 2 is 2.00 bits per heavy atom. The fourth-order valence-corrected chi connectivity index (χ4v) is 3.87. The molecular weight excluding hydrogens is 242 g/mol. The fourth-order valence-electron chi connectivity index (χ4n) is 1.18. The lowest BCUT2D eigenvalue weighted by molar-refractivity contribution is 0.559. The maximum atomic E-state index is 11.5. The second kappa shape index (κ2) is 2.69. The molecule has 0 aliphatic heterocycles. The third-order valence-corrected chi connectivity index (χ3v) is 5.57. The van der Waals surface area contributed by atoms with E-state index in [0.29, 0.717) is 0 Å². The molecule has 5 heteroatoms. The van der Waals surface area contributed by atoms with Gasteiger partial charge >= 0.3 is 0 Å². The maximum absolute atomic E-state index is 11.5. The molecule has 0 heterocycles. The highest BCUT2D eigenvalue weighted by atomic mass is 79.9. The average Bonchev–Trinajstić information content (AvgIpc) is 2.83. The van der Waals surface area contributed by atoms with Crippen LogP contribution in [0.1, 0.15) is 25.7 Å². The Morgan fingerprint density at radius 3 is 2.33 bits per heavy atom. The van der Waals surface area contributed by atoms with Gasteiger partial charge in [0, 0.05) is 10.9 Å². The van der Waals surface area contributed by atoms with E-state index in [0.717, 1.165) is 31.0 Å². The van der Waals surface area contributed by atoms with Crippen molar-refractivity contribution in [1.29, 1.82) is 0 Å². The molecule has 0 bridgehead atoms. The Bertz CT molecular complexity index is 280. The lowest BCUT2D eigenvalue weighted by Crippen LogP contribution is -2.39. The van der Waals surface area contributed by atoms with Crippen LogP contribution in [0.5, 0.6) is 0 Å². The monoisotopic (exact) mass is 253 g/mol. The molecule has 2 saturated carbocycles. The van der Waals surface area contributed by atoms with Gasteiger partial charge in [-0.15, -0.1) is 0 Å². The van der Waals surface area contributed by atoms with E-state index in [1.807, 2.05) is 0 Å². The number of rotatable bonds is 4. The number of sulfonamides is 1. The largest absolute Gasteiger partial charge is 0.215 e. The zero-order valence-electron chi connectivity index (χ0n) is 6.72. The van der Waals surface area contributed by atoms with Crippen LogP contribution in [0.15, 0.2) is 0 Å². The van der Waals surface area contributed by atoms with Gasteiger partial charge in [0.1, 0.15) is 0 Å². The predicted molar refractivity (Wildman–Crippen MR) is 50.8 cm³/mol. The lowest BCUT2D eigenvalue weighted by Gasteiger charge is -2.13. The van der Waals surface area contributed by atoms with Gasteiger partial charge in [-0.05, 0) is 25.7 Å². The number of nitrogens with one attached hydrogen (secondary N) is 1. The first-order valence-electron chi connectivity index (χ1n) is 4.17. The summed E-state index contributed by atoms with van der Waals surface area (Å²) >= 11 is 3.33. The molecule has 3 nitrogen and oxygen atoms in total. The highest BCUT2D eigenvalue weighted by molar-refractivity contribution is 9.09. The fraction of sp³-hybridized carbons (Fsp3) is 1.00. The smallest absolute Gasteiger partial charge is 0.212 e. The molecule has 12 heavy (non-hydrogen) atoms. The quantitative estimate of drug-likeness (QED) is 0.760. The van der Waals surface area contributed by atoms with Crippen LogP contribution in [0.25, 0.3) is 0 Å². The minimum Gasteiger partial charge on any atom is -0.212 e. The Kier molecular flexibility index (Phi) is 2.01. The summed E-state index contributed by atoms with van der Waals surface area (Å²) in [7, 11) is -2.97. The first kappa shape index (κ1) is 8.97. The molecule has 2 rings (SSSR count). The normalized spacial score (nSPS) is 27.1. The Labute approximate surface area is 81.1 Å². The lowest BCUT2D eigenvalue weighted by atomic mass is 10.4. The summed E-state index contributed by atoms with van der Waals surface area (Å²) in [5, 5.41) is 0.653. The van der Waals surface area contributed by atoms with Gasteiger partial charge in [0.15, 0.2) is 0 Å². The van der Waals surface area contributed by atoms with Crippen LogP contribution < -0.4 is 4.72 Å². The summed E-state index contributed by atoms with van der Waals surface area (Å²) in [6.07, 6.45) is 3.63. The molecule has 0 aromatic carbocycles. The summed E-state index contributed by atoms with van der Waals surface area (Å²) in [6.45, 7) is 0. The van der Waals surface area contributed by atoms with Crippen LogP contribution in [-0.4, -0.2) is 24.5 Å². The van der Waals surface area contributed by atoms with Crippen LogP contribution in [0.4, 0.5) is 0 Å². The minimum atomic E-state index is -2.97. The number of hydrogen-bond acceptors (Lipinski definition) is 2. The van der Waals surface area contributed by atoms with E-state index < -0.39 is 10.0 Å². The van der Waals surface area contributed by atoms with E-state index >= 15 is 0 Å². The van der Waals surface area contributed by atoms with Gasteiger partial charge < -0.3 is 0 Å². The molecule has 0 aromatic heterocycles. The summed E-state index contributed by atoms with van der Waals surface area (Å²) in [5.41, 5.74) is -0.124. The van der Waals surface area contributed by atoms with E-state index in [1.165, 1.54) is 0 Å². The maximum Gasteiger partial charge on any atom is 0.215 e. The first-order valence-corrected chi connectivity index (χ1v) is 6.84. The summed E-state index contributed by atoms with van der Waals surface area (Å²) in [5.74, 6) is 0. The molecule has 0 radical (unpaired) electrons. The van der Waals surface area contributed by atoms with Crippen LogP contribution in [0, 0.1) is 0 Å². The van der Waals surface area contributed by atoms with Crippen LogP contribution >= 0.6 is 15.9 Å². The topological polar surface area (TPSA) is 46.2 Å². The van der Waals surface area contributed by atoms with E-state index in [2.05, 4.69) is 20.7 Å². The van der Waals surface area contributed by atoms with Crippen molar-refractivity contribution in [3.05, 3.63) is 0 Å². The third-order valence-electron chi connectivity index (χ3n) is 2.43. The van der Waals surface area contributed by atoms with Crippen molar-refractivity contribution >= 4 is 26.0 Å². The molecule has 0 unspecified atom stereocenters. The first-order chi connectivity index (χ1) is 5.58. The van der Waals surface area contributed by atoms with Crippen molar-refractivity contribution in [3.8, 4) is 0 Å². The number of halogens is 1. The molecule has 0 saturated heterocycles. The highest BCUT2D eigenvalue weighted by Crippen LogP contribution is 2.40. The Hall–Kier alpha value is 0.390. The van der Waals surface area contributed by atoms with E-state index in [9.17, 15) is 8.42 Å². The van der Waals surface area contributed by atoms with Crippen LogP contribution in [0.3, 0.4) is 0 Å². The van der Waals surface area contributed by atoms with Gasteiger partial charge in [0.2, 0.25) is 10.0 Å². The second-order valence-electron chi connectivity index (χ2n) is 3.76. The molecule has 0 atom stereocenters. The van der Waals surface area contributed by atoms with E-state index in [-0.39, 0.29) is 10.8 Å². The van der Waals surface area contributed by atoms with Crippen molar-refractivity contribution in [2.75, 3.05) is 5.33 Å². The Balaban J connectivity index is 2.02.